The molecule has 6 atom stereocenters. The SMILES string of the molecule is Cl.[N-]=[N+]=N[C@]1(COP2(=O)OCC[C@@H](c3cncc(Br)c3)O2)O[C@@H](n2ccc(=O)[nH]c2=O)[C@H](O)[C@@H]1O. The number of phosphoric ester groups is 1. The molecule has 0 spiro atoms. The summed E-state index contributed by atoms with van der Waals surface area (Å²) in [6.07, 6.45) is -1.48. The van der Waals surface area contributed by atoms with Gasteiger partial charge < -0.3 is 14.9 Å². The average Bonchev–Trinajstić information content (AvgIpc) is 3.04. The first kappa shape index (κ1) is 27.5. The van der Waals surface area contributed by atoms with E-state index in [2.05, 4.69) is 30.9 Å². The molecular formula is C17H19BrClN6O9P. The van der Waals surface area contributed by atoms with Crippen molar-refractivity contribution in [2.45, 2.75) is 36.7 Å². The highest BCUT2D eigenvalue weighted by Gasteiger charge is 2.56. The number of aromatic nitrogens is 3. The number of H-pyrrole nitrogens is 1. The lowest BCUT2D eigenvalue weighted by Gasteiger charge is -2.32. The molecule has 35 heavy (non-hydrogen) atoms. The number of aromatic amines is 1. The van der Waals surface area contributed by atoms with Crippen molar-refractivity contribution in [1.82, 2.24) is 14.5 Å². The van der Waals surface area contributed by atoms with E-state index in [9.17, 15) is 24.4 Å². The summed E-state index contributed by atoms with van der Waals surface area (Å²) in [6, 6.07) is 2.72. The van der Waals surface area contributed by atoms with Crippen LogP contribution in [0.1, 0.15) is 24.3 Å². The van der Waals surface area contributed by atoms with Gasteiger partial charge in [-0.3, -0.25) is 32.9 Å². The van der Waals surface area contributed by atoms with Crippen molar-refractivity contribution in [3.8, 4) is 0 Å². The van der Waals surface area contributed by atoms with E-state index in [4.69, 9.17) is 23.8 Å². The molecule has 4 rings (SSSR count). The van der Waals surface area contributed by atoms with Crippen LogP contribution in [0.4, 0.5) is 0 Å². The van der Waals surface area contributed by atoms with E-state index in [1.807, 2.05) is 4.98 Å². The van der Waals surface area contributed by atoms with E-state index in [0.717, 1.165) is 16.8 Å². The Labute approximate surface area is 210 Å². The maximum absolute atomic E-state index is 13.1. The van der Waals surface area contributed by atoms with Gasteiger partial charge in [-0.05, 0) is 27.5 Å². The Morgan fingerprint density at radius 1 is 1.43 bits per heavy atom. The summed E-state index contributed by atoms with van der Waals surface area (Å²) in [6.45, 7) is -0.852. The minimum absolute atomic E-state index is 0. The largest absolute Gasteiger partial charge is 0.475 e. The number of pyridine rings is 1. The summed E-state index contributed by atoms with van der Waals surface area (Å²) >= 11 is 3.30. The van der Waals surface area contributed by atoms with Crippen molar-refractivity contribution in [3.05, 3.63) is 72.0 Å². The van der Waals surface area contributed by atoms with Crippen molar-refractivity contribution in [3.63, 3.8) is 0 Å². The number of nitrogens with one attached hydrogen (secondary N) is 1. The molecule has 0 aliphatic carbocycles. The highest BCUT2D eigenvalue weighted by Crippen LogP contribution is 2.58. The Hall–Kier alpha value is -2.10. The van der Waals surface area contributed by atoms with Crippen LogP contribution in [0, 0.1) is 0 Å². The number of hydrogen-bond donors (Lipinski definition) is 3. The molecule has 18 heteroatoms. The van der Waals surface area contributed by atoms with Crippen LogP contribution in [-0.4, -0.2) is 55.9 Å². The summed E-state index contributed by atoms with van der Waals surface area (Å²) in [5, 5.41) is 24.5. The summed E-state index contributed by atoms with van der Waals surface area (Å²) in [7, 11) is -4.24. The highest BCUT2D eigenvalue weighted by atomic mass is 79.9. The molecular weight excluding hydrogens is 579 g/mol. The number of aliphatic hydroxyl groups is 2. The van der Waals surface area contributed by atoms with Crippen LogP contribution in [0.15, 0.2) is 49.9 Å². The molecule has 1 unspecified atom stereocenters. The molecule has 2 aromatic rings. The topological polar surface area (TPSA) is 211 Å². The number of phosphoric acid groups is 1. The van der Waals surface area contributed by atoms with Crippen molar-refractivity contribution >= 4 is 36.2 Å². The summed E-state index contributed by atoms with van der Waals surface area (Å²) < 4.78 is 36.1. The molecule has 0 bridgehead atoms. The first-order chi connectivity index (χ1) is 16.2. The zero-order valence-corrected chi connectivity index (χ0v) is 20.8. The van der Waals surface area contributed by atoms with Gasteiger partial charge in [0.15, 0.2) is 6.23 Å². The molecule has 2 saturated heterocycles. The number of aliphatic hydroxyl groups excluding tert-OH is 2. The van der Waals surface area contributed by atoms with Gasteiger partial charge in [-0.2, -0.15) is 0 Å². The molecule has 2 fully saturated rings. The second-order valence-electron chi connectivity index (χ2n) is 7.37. The van der Waals surface area contributed by atoms with Gasteiger partial charge in [0.05, 0.1) is 19.3 Å². The van der Waals surface area contributed by atoms with Gasteiger partial charge in [0.1, 0.15) is 12.2 Å². The Bertz CT molecular complexity index is 1290. The maximum Gasteiger partial charge on any atom is 0.475 e. The monoisotopic (exact) mass is 596 g/mol. The minimum atomic E-state index is -4.24. The minimum Gasteiger partial charge on any atom is -0.387 e. The smallest absolute Gasteiger partial charge is 0.387 e. The van der Waals surface area contributed by atoms with Crippen LogP contribution in [0.2, 0.25) is 0 Å². The zero-order valence-electron chi connectivity index (χ0n) is 17.5. The molecule has 0 saturated carbocycles. The lowest BCUT2D eigenvalue weighted by Crippen LogP contribution is -2.45. The second kappa shape index (κ2) is 10.9. The first-order valence-corrected chi connectivity index (χ1v) is 12.0. The molecule has 0 radical (unpaired) electrons. The molecule has 2 aliphatic heterocycles. The van der Waals surface area contributed by atoms with Gasteiger partial charge in [-0.25, -0.2) is 9.36 Å². The predicted octanol–water partition coefficient (Wildman–Crippen LogP) is 1.68. The Morgan fingerprint density at radius 2 is 2.20 bits per heavy atom. The second-order valence-corrected chi connectivity index (χ2v) is 9.91. The fourth-order valence-corrected chi connectivity index (χ4v) is 5.30. The Balaban J connectivity index is 0.00000342. The number of rotatable bonds is 6. The normalized spacial score (nSPS) is 32.4. The summed E-state index contributed by atoms with van der Waals surface area (Å²) in [4.78, 5) is 32.1. The van der Waals surface area contributed by atoms with E-state index < -0.39 is 55.9 Å². The lowest BCUT2D eigenvalue weighted by atomic mass is 10.1. The van der Waals surface area contributed by atoms with E-state index in [-0.39, 0.29) is 19.0 Å². The van der Waals surface area contributed by atoms with Crippen LogP contribution in [0.5, 0.6) is 0 Å². The van der Waals surface area contributed by atoms with Crippen LogP contribution in [0.3, 0.4) is 0 Å². The maximum atomic E-state index is 13.1. The van der Waals surface area contributed by atoms with Crippen LogP contribution in [0.25, 0.3) is 10.4 Å². The molecule has 0 aromatic carbocycles. The third-order valence-electron chi connectivity index (χ3n) is 5.16. The number of ether oxygens (including phenoxy) is 1. The van der Waals surface area contributed by atoms with Crippen LogP contribution < -0.4 is 11.2 Å². The lowest BCUT2D eigenvalue weighted by molar-refractivity contribution is -0.127. The molecule has 3 N–H and O–H groups in total. The van der Waals surface area contributed by atoms with Crippen molar-refractivity contribution in [2.75, 3.05) is 13.2 Å². The van der Waals surface area contributed by atoms with Gasteiger partial charge in [0.2, 0.25) is 5.72 Å². The third-order valence-corrected chi connectivity index (χ3v) is 7.05. The van der Waals surface area contributed by atoms with E-state index in [0.29, 0.717) is 16.5 Å². The van der Waals surface area contributed by atoms with Gasteiger partial charge in [0.25, 0.3) is 5.56 Å². The number of halogens is 2. The van der Waals surface area contributed by atoms with Crippen LogP contribution in [-0.2, 0) is 22.9 Å². The number of azide groups is 1. The fraction of sp³-hybridized carbons (Fsp3) is 0.471. The standard InChI is InChI=1S/C17H18BrN6O9P.ClH/c18-10-5-9(6-20-7-10)11-2-4-30-34(29,33-11)31-8-17(22-23-19)14(27)13(26)15(32-17)24-3-1-12(25)21-16(24)28;/h1,3,5-7,11,13-15,26-27H,2,4,8H2,(H,21,25,28);1H/t11-,13+,14-,15+,17+,34?;/m0./s1. The van der Waals surface area contributed by atoms with Gasteiger partial charge in [0, 0.05) is 46.0 Å². The Morgan fingerprint density at radius 3 is 2.89 bits per heavy atom. The van der Waals surface area contributed by atoms with Crippen molar-refractivity contribution < 1.29 is 33.1 Å². The van der Waals surface area contributed by atoms with Gasteiger partial charge in [-0.15, -0.1) is 12.4 Å². The molecule has 2 aliphatic rings. The zero-order chi connectivity index (χ0) is 24.5. The molecule has 190 valence electrons. The molecule has 4 heterocycles. The number of nitrogens with zero attached hydrogens (tertiary/aromatic N) is 5. The fourth-order valence-electron chi connectivity index (χ4n) is 3.51. The van der Waals surface area contributed by atoms with E-state index >= 15 is 0 Å². The quantitative estimate of drug-likeness (QED) is 0.190. The molecule has 2 aromatic heterocycles. The van der Waals surface area contributed by atoms with Crippen molar-refractivity contribution in [2.24, 2.45) is 5.11 Å². The van der Waals surface area contributed by atoms with Gasteiger partial charge in [-0.1, -0.05) is 5.11 Å². The molecule has 0 amide bonds. The summed E-state index contributed by atoms with van der Waals surface area (Å²) in [5.41, 5.74) is 5.70. The summed E-state index contributed by atoms with van der Waals surface area (Å²) in [5.74, 6) is 0. The average molecular weight is 598 g/mol. The first-order valence-electron chi connectivity index (χ1n) is 9.76. The van der Waals surface area contributed by atoms with E-state index in [1.165, 1.54) is 6.20 Å². The van der Waals surface area contributed by atoms with Gasteiger partial charge >= 0.3 is 13.5 Å². The predicted molar refractivity (Wildman–Crippen MR) is 122 cm³/mol. The van der Waals surface area contributed by atoms with Crippen molar-refractivity contribution in [1.29, 1.82) is 0 Å². The Kier molecular flexibility index (Phi) is 8.55. The van der Waals surface area contributed by atoms with E-state index in [1.54, 1.807) is 12.3 Å². The van der Waals surface area contributed by atoms with Crippen LogP contribution >= 0.6 is 36.2 Å². The number of hydrogen-bond acceptors (Lipinski definition) is 11. The highest BCUT2D eigenvalue weighted by molar-refractivity contribution is 9.10. The third kappa shape index (κ3) is 5.67. The molecule has 15 nitrogen and oxygen atoms in total.